The van der Waals surface area contributed by atoms with Gasteiger partial charge in [-0.15, -0.1) is 0 Å². The highest BCUT2D eigenvalue weighted by Crippen LogP contribution is 2.20. The van der Waals surface area contributed by atoms with Crippen molar-refractivity contribution in [2.75, 3.05) is 5.32 Å². The summed E-state index contributed by atoms with van der Waals surface area (Å²) in [5, 5.41) is 11.1. The summed E-state index contributed by atoms with van der Waals surface area (Å²) in [5.41, 5.74) is 3.45. The van der Waals surface area contributed by atoms with Crippen LogP contribution in [0.1, 0.15) is 37.4 Å². The Bertz CT molecular complexity index is 589. The van der Waals surface area contributed by atoms with Crippen LogP contribution >= 0.6 is 12.2 Å². The summed E-state index contributed by atoms with van der Waals surface area (Å²) in [4.78, 5) is 0. The molecule has 112 valence electrons. The van der Waals surface area contributed by atoms with E-state index < -0.39 is 0 Å². The standard InChI is InChI=1S/C16H22N4S/c1-4-12(2)13-5-7-14(8-6-13)19-16(21)17-11-15-9-10-18-20(15)3/h5-10,12H,4,11H2,1-3H3,(H2,17,19,21). The van der Waals surface area contributed by atoms with Gasteiger partial charge in [0.05, 0.1) is 12.2 Å². The lowest BCUT2D eigenvalue weighted by molar-refractivity contribution is 0.695. The zero-order valence-corrected chi connectivity index (χ0v) is 13.6. The van der Waals surface area contributed by atoms with Crippen LogP contribution < -0.4 is 10.6 Å². The topological polar surface area (TPSA) is 41.9 Å². The molecule has 2 aromatic rings. The largest absolute Gasteiger partial charge is 0.357 e. The minimum absolute atomic E-state index is 0.592. The molecule has 0 bridgehead atoms. The molecule has 2 N–H and O–H groups in total. The number of aryl methyl sites for hydroxylation is 1. The van der Waals surface area contributed by atoms with E-state index >= 15 is 0 Å². The summed E-state index contributed by atoms with van der Waals surface area (Å²) >= 11 is 5.31. The molecular weight excluding hydrogens is 280 g/mol. The van der Waals surface area contributed by atoms with Gasteiger partial charge < -0.3 is 10.6 Å². The van der Waals surface area contributed by atoms with Gasteiger partial charge in [-0.05, 0) is 48.3 Å². The molecule has 1 atom stereocenters. The molecule has 2 rings (SSSR count). The molecule has 0 aliphatic heterocycles. The van der Waals surface area contributed by atoms with Gasteiger partial charge in [-0.1, -0.05) is 26.0 Å². The lowest BCUT2D eigenvalue weighted by Crippen LogP contribution is -2.28. The highest BCUT2D eigenvalue weighted by atomic mass is 32.1. The van der Waals surface area contributed by atoms with Crippen LogP contribution in [0.4, 0.5) is 5.69 Å². The van der Waals surface area contributed by atoms with Crippen molar-refractivity contribution >= 4 is 23.0 Å². The molecule has 0 saturated heterocycles. The van der Waals surface area contributed by atoms with Crippen molar-refractivity contribution in [3.63, 3.8) is 0 Å². The van der Waals surface area contributed by atoms with E-state index in [1.807, 2.05) is 17.8 Å². The fourth-order valence-electron chi connectivity index (χ4n) is 2.05. The fourth-order valence-corrected chi connectivity index (χ4v) is 2.24. The second-order valence-corrected chi connectivity index (χ2v) is 5.59. The number of nitrogens with zero attached hydrogens (tertiary/aromatic N) is 2. The van der Waals surface area contributed by atoms with E-state index in [1.54, 1.807) is 6.20 Å². The lowest BCUT2D eigenvalue weighted by Gasteiger charge is -2.13. The number of hydrogen-bond acceptors (Lipinski definition) is 2. The molecule has 0 spiro atoms. The van der Waals surface area contributed by atoms with Gasteiger partial charge in [0, 0.05) is 18.9 Å². The quantitative estimate of drug-likeness (QED) is 0.831. The molecule has 4 nitrogen and oxygen atoms in total. The van der Waals surface area contributed by atoms with Crippen LogP contribution in [0.2, 0.25) is 0 Å². The summed E-state index contributed by atoms with van der Waals surface area (Å²) in [7, 11) is 1.92. The van der Waals surface area contributed by atoms with Gasteiger partial charge in [-0.2, -0.15) is 5.10 Å². The summed E-state index contributed by atoms with van der Waals surface area (Å²) in [6.45, 7) is 5.10. The van der Waals surface area contributed by atoms with Crippen molar-refractivity contribution in [2.45, 2.75) is 32.7 Å². The molecule has 0 amide bonds. The smallest absolute Gasteiger partial charge is 0.171 e. The minimum atomic E-state index is 0.592. The Morgan fingerprint density at radius 1 is 1.29 bits per heavy atom. The highest BCUT2D eigenvalue weighted by Gasteiger charge is 2.04. The predicted octanol–water partition coefficient (Wildman–Crippen LogP) is 3.42. The van der Waals surface area contributed by atoms with Crippen molar-refractivity contribution < 1.29 is 0 Å². The Labute approximate surface area is 131 Å². The van der Waals surface area contributed by atoms with Crippen LogP contribution in [-0.2, 0) is 13.6 Å². The Hall–Kier alpha value is -1.88. The zero-order valence-electron chi connectivity index (χ0n) is 12.8. The summed E-state index contributed by atoms with van der Waals surface area (Å²) in [5.74, 6) is 0.592. The zero-order chi connectivity index (χ0) is 15.2. The molecule has 21 heavy (non-hydrogen) atoms. The first kappa shape index (κ1) is 15.5. The fraction of sp³-hybridized carbons (Fsp3) is 0.375. The van der Waals surface area contributed by atoms with E-state index in [9.17, 15) is 0 Å². The predicted molar refractivity (Wildman–Crippen MR) is 91.4 cm³/mol. The van der Waals surface area contributed by atoms with Crippen LogP contribution in [0.3, 0.4) is 0 Å². The van der Waals surface area contributed by atoms with Crippen molar-refractivity contribution in [2.24, 2.45) is 7.05 Å². The Kier molecular flexibility index (Phi) is 5.33. The van der Waals surface area contributed by atoms with Gasteiger partial charge in [0.25, 0.3) is 0 Å². The molecule has 0 radical (unpaired) electrons. The lowest BCUT2D eigenvalue weighted by atomic mass is 9.99. The Morgan fingerprint density at radius 2 is 2.00 bits per heavy atom. The van der Waals surface area contributed by atoms with Gasteiger partial charge in [0.1, 0.15) is 0 Å². The Morgan fingerprint density at radius 3 is 2.57 bits per heavy atom. The third-order valence-corrected chi connectivity index (χ3v) is 3.95. The molecule has 1 unspecified atom stereocenters. The molecule has 0 aliphatic carbocycles. The molecule has 0 saturated carbocycles. The number of benzene rings is 1. The van der Waals surface area contributed by atoms with E-state index in [2.05, 4.69) is 53.8 Å². The monoisotopic (exact) mass is 302 g/mol. The number of rotatable bonds is 5. The van der Waals surface area contributed by atoms with Crippen molar-refractivity contribution in [3.8, 4) is 0 Å². The molecule has 1 heterocycles. The highest BCUT2D eigenvalue weighted by molar-refractivity contribution is 7.80. The third kappa shape index (κ3) is 4.29. The van der Waals surface area contributed by atoms with Crippen molar-refractivity contribution in [3.05, 3.63) is 47.8 Å². The molecule has 5 heteroatoms. The van der Waals surface area contributed by atoms with Crippen molar-refractivity contribution in [1.82, 2.24) is 15.1 Å². The average Bonchev–Trinajstić information content (AvgIpc) is 2.90. The van der Waals surface area contributed by atoms with E-state index in [0.29, 0.717) is 17.6 Å². The Balaban J connectivity index is 1.86. The van der Waals surface area contributed by atoms with Gasteiger partial charge >= 0.3 is 0 Å². The maximum absolute atomic E-state index is 5.31. The first-order valence-electron chi connectivity index (χ1n) is 7.22. The first-order valence-corrected chi connectivity index (χ1v) is 7.62. The number of hydrogen-bond donors (Lipinski definition) is 2. The van der Waals surface area contributed by atoms with Gasteiger partial charge in [-0.25, -0.2) is 0 Å². The number of anilines is 1. The number of nitrogens with one attached hydrogen (secondary N) is 2. The first-order chi connectivity index (χ1) is 10.1. The molecule has 1 aromatic carbocycles. The summed E-state index contributed by atoms with van der Waals surface area (Å²) < 4.78 is 1.83. The average molecular weight is 302 g/mol. The van der Waals surface area contributed by atoms with Gasteiger partial charge in [0.2, 0.25) is 0 Å². The second kappa shape index (κ2) is 7.22. The van der Waals surface area contributed by atoms with Crippen molar-refractivity contribution in [1.29, 1.82) is 0 Å². The molecule has 0 aliphatic rings. The molecule has 1 aromatic heterocycles. The third-order valence-electron chi connectivity index (χ3n) is 3.70. The van der Waals surface area contributed by atoms with Crippen LogP contribution in [0.25, 0.3) is 0 Å². The normalized spacial score (nSPS) is 12.0. The SMILES string of the molecule is CCC(C)c1ccc(NC(=S)NCc2ccnn2C)cc1. The number of aromatic nitrogens is 2. The summed E-state index contributed by atoms with van der Waals surface area (Å²) in [6, 6.07) is 10.4. The van der Waals surface area contributed by atoms with E-state index in [4.69, 9.17) is 12.2 Å². The maximum Gasteiger partial charge on any atom is 0.171 e. The van der Waals surface area contributed by atoms with Crippen LogP contribution in [-0.4, -0.2) is 14.9 Å². The van der Waals surface area contributed by atoms with E-state index in [1.165, 1.54) is 5.56 Å². The number of thiocarbonyl (C=S) groups is 1. The van der Waals surface area contributed by atoms with E-state index in [0.717, 1.165) is 17.8 Å². The second-order valence-electron chi connectivity index (χ2n) is 5.19. The van der Waals surface area contributed by atoms with Crippen LogP contribution in [0, 0.1) is 0 Å². The maximum atomic E-state index is 5.31. The summed E-state index contributed by atoms with van der Waals surface area (Å²) in [6.07, 6.45) is 2.93. The minimum Gasteiger partial charge on any atom is -0.357 e. The molecule has 0 fully saturated rings. The van der Waals surface area contributed by atoms with Crippen LogP contribution in [0.5, 0.6) is 0 Å². The van der Waals surface area contributed by atoms with Crippen LogP contribution in [0.15, 0.2) is 36.5 Å². The molecular formula is C16H22N4S. The van der Waals surface area contributed by atoms with E-state index in [-0.39, 0.29) is 0 Å². The van der Waals surface area contributed by atoms with Gasteiger partial charge in [-0.3, -0.25) is 4.68 Å². The van der Waals surface area contributed by atoms with Gasteiger partial charge in [0.15, 0.2) is 5.11 Å².